The minimum absolute atomic E-state index is 0.0433. The molecule has 118 valence electrons. The van der Waals surface area contributed by atoms with Crippen molar-refractivity contribution >= 4 is 15.9 Å². The fraction of sp³-hybridized carbons (Fsp3) is 0.533. The van der Waals surface area contributed by atoms with Crippen LogP contribution in [0.1, 0.15) is 26.3 Å². The summed E-state index contributed by atoms with van der Waals surface area (Å²) < 4.78 is 26.7. The molecule has 1 rings (SSSR count). The average molecular weight is 312 g/mol. The van der Waals surface area contributed by atoms with E-state index in [0.717, 1.165) is 5.56 Å². The zero-order valence-electron chi connectivity index (χ0n) is 13.1. The summed E-state index contributed by atoms with van der Waals surface area (Å²) in [6.45, 7) is 8.65. The molecule has 0 aliphatic carbocycles. The smallest absolute Gasteiger partial charge is 0.240 e. The van der Waals surface area contributed by atoms with Crippen LogP contribution in [0.15, 0.2) is 29.2 Å². The summed E-state index contributed by atoms with van der Waals surface area (Å²) in [5.74, 6) is 0.306. The maximum Gasteiger partial charge on any atom is 0.240 e. The SMILES string of the molecule is CC(=O)N(CCNS(=O)(=O)c1ccc(C)cc1)CC(C)C. The van der Waals surface area contributed by atoms with Gasteiger partial charge in [-0.1, -0.05) is 31.5 Å². The van der Waals surface area contributed by atoms with Gasteiger partial charge in [0.25, 0.3) is 0 Å². The summed E-state index contributed by atoms with van der Waals surface area (Å²) in [5, 5.41) is 0. The molecule has 1 aromatic carbocycles. The number of benzene rings is 1. The number of hydrogen-bond acceptors (Lipinski definition) is 3. The first-order valence-electron chi connectivity index (χ1n) is 7.04. The quantitative estimate of drug-likeness (QED) is 0.834. The lowest BCUT2D eigenvalue weighted by atomic mass is 10.2. The third-order valence-corrected chi connectivity index (χ3v) is 4.51. The molecule has 0 aliphatic rings. The molecule has 1 amide bonds. The summed E-state index contributed by atoms with van der Waals surface area (Å²) in [7, 11) is -3.51. The Morgan fingerprint density at radius 2 is 1.81 bits per heavy atom. The van der Waals surface area contributed by atoms with Crippen molar-refractivity contribution in [1.29, 1.82) is 0 Å². The molecule has 0 heterocycles. The van der Waals surface area contributed by atoms with E-state index in [4.69, 9.17) is 0 Å². The van der Waals surface area contributed by atoms with Crippen LogP contribution in [0.4, 0.5) is 0 Å². The van der Waals surface area contributed by atoms with Crippen LogP contribution in [0.25, 0.3) is 0 Å². The molecule has 0 spiro atoms. The van der Waals surface area contributed by atoms with Gasteiger partial charge in [-0.05, 0) is 25.0 Å². The van der Waals surface area contributed by atoms with Gasteiger partial charge in [0.1, 0.15) is 0 Å². The topological polar surface area (TPSA) is 66.5 Å². The molecular weight excluding hydrogens is 288 g/mol. The van der Waals surface area contributed by atoms with Gasteiger partial charge in [0.2, 0.25) is 15.9 Å². The Kier molecular flexibility index (Phi) is 6.36. The molecular formula is C15H24N2O3S. The maximum atomic E-state index is 12.1. The predicted octanol–water partition coefficient (Wildman–Crippen LogP) is 1.78. The van der Waals surface area contributed by atoms with Crippen LogP contribution in [0, 0.1) is 12.8 Å². The monoisotopic (exact) mass is 312 g/mol. The summed E-state index contributed by atoms with van der Waals surface area (Å²) in [6, 6.07) is 6.67. The molecule has 0 saturated carbocycles. The van der Waals surface area contributed by atoms with Gasteiger partial charge in [0.15, 0.2) is 0 Å². The second kappa shape index (κ2) is 7.56. The molecule has 5 nitrogen and oxygen atoms in total. The van der Waals surface area contributed by atoms with E-state index in [9.17, 15) is 13.2 Å². The number of hydrogen-bond donors (Lipinski definition) is 1. The maximum absolute atomic E-state index is 12.1. The normalized spacial score (nSPS) is 11.7. The first-order chi connectivity index (χ1) is 9.72. The van der Waals surface area contributed by atoms with Gasteiger partial charge >= 0.3 is 0 Å². The molecule has 6 heteroatoms. The average Bonchev–Trinajstić information content (AvgIpc) is 2.37. The highest BCUT2D eigenvalue weighted by molar-refractivity contribution is 7.89. The minimum Gasteiger partial charge on any atom is -0.341 e. The van der Waals surface area contributed by atoms with Crippen molar-refractivity contribution in [3.8, 4) is 0 Å². The first-order valence-corrected chi connectivity index (χ1v) is 8.52. The van der Waals surface area contributed by atoms with Crippen LogP contribution in [0.2, 0.25) is 0 Å². The highest BCUT2D eigenvalue weighted by atomic mass is 32.2. The summed E-state index contributed by atoms with van der Waals surface area (Å²) in [5.41, 5.74) is 1.01. The minimum atomic E-state index is -3.51. The zero-order chi connectivity index (χ0) is 16.0. The number of carbonyl (C=O) groups excluding carboxylic acids is 1. The van der Waals surface area contributed by atoms with E-state index in [1.54, 1.807) is 29.2 Å². The molecule has 1 aromatic rings. The van der Waals surface area contributed by atoms with Gasteiger partial charge in [-0.3, -0.25) is 4.79 Å². The van der Waals surface area contributed by atoms with Gasteiger partial charge in [-0.15, -0.1) is 0 Å². The van der Waals surface area contributed by atoms with E-state index >= 15 is 0 Å². The molecule has 0 atom stereocenters. The Bertz CT molecular complexity index is 565. The molecule has 0 radical (unpaired) electrons. The van der Waals surface area contributed by atoms with Crippen LogP contribution in [0.5, 0.6) is 0 Å². The molecule has 0 fully saturated rings. The number of rotatable bonds is 7. The van der Waals surface area contributed by atoms with Gasteiger partial charge in [0, 0.05) is 26.6 Å². The van der Waals surface area contributed by atoms with Crippen molar-refractivity contribution in [2.75, 3.05) is 19.6 Å². The third kappa shape index (κ3) is 5.85. The second-order valence-corrected chi connectivity index (χ2v) is 7.34. The molecule has 0 saturated heterocycles. The summed E-state index contributed by atoms with van der Waals surface area (Å²) in [4.78, 5) is 13.4. The lowest BCUT2D eigenvalue weighted by molar-refractivity contribution is -0.129. The van der Waals surface area contributed by atoms with Crippen LogP contribution in [0.3, 0.4) is 0 Å². The largest absolute Gasteiger partial charge is 0.341 e. The van der Waals surface area contributed by atoms with E-state index < -0.39 is 10.0 Å². The van der Waals surface area contributed by atoms with Gasteiger partial charge in [0.05, 0.1) is 4.90 Å². The number of nitrogens with one attached hydrogen (secondary N) is 1. The fourth-order valence-corrected chi connectivity index (χ4v) is 2.95. The van der Waals surface area contributed by atoms with E-state index in [0.29, 0.717) is 19.0 Å². The number of carbonyl (C=O) groups is 1. The van der Waals surface area contributed by atoms with Crippen molar-refractivity contribution in [2.24, 2.45) is 5.92 Å². The number of nitrogens with zero attached hydrogens (tertiary/aromatic N) is 1. The van der Waals surface area contributed by atoms with Crippen LogP contribution in [-0.4, -0.2) is 38.9 Å². The number of amides is 1. The summed E-state index contributed by atoms with van der Waals surface area (Å²) in [6.07, 6.45) is 0. The fourth-order valence-electron chi connectivity index (χ4n) is 1.93. The van der Waals surface area contributed by atoms with Gasteiger partial charge in [-0.2, -0.15) is 0 Å². The van der Waals surface area contributed by atoms with Gasteiger partial charge < -0.3 is 4.90 Å². The highest BCUT2D eigenvalue weighted by Crippen LogP contribution is 2.09. The van der Waals surface area contributed by atoms with E-state index in [1.807, 2.05) is 20.8 Å². The van der Waals surface area contributed by atoms with Crippen molar-refractivity contribution < 1.29 is 13.2 Å². The highest BCUT2D eigenvalue weighted by Gasteiger charge is 2.15. The summed E-state index contributed by atoms with van der Waals surface area (Å²) >= 11 is 0. The van der Waals surface area contributed by atoms with Crippen LogP contribution < -0.4 is 4.72 Å². The molecule has 0 unspecified atom stereocenters. The van der Waals surface area contributed by atoms with E-state index in [-0.39, 0.29) is 17.3 Å². The van der Waals surface area contributed by atoms with Crippen molar-refractivity contribution in [3.05, 3.63) is 29.8 Å². The van der Waals surface area contributed by atoms with Crippen molar-refractivity contribution in [1.82, 2.24) is 9.62 Å². The standard InChI is InChI=1S/C15H24N2O3S/c1-12(2)11-17(14(4)18)10-9-16-21(19,20)15-7-5-13(3)6-8-15/h5-8,12,16H,9-11H2,1-4H3. The zero-order valence-corrected chi connectivity index (χ0v) is 13.9. The lowest BCUT2D eigenvalue weighted by Gasteiger charge is -2.23. The predicted molar refractivity (Wildman–Crippen MR) is 83.5 cm³/mol. The Balaban J connectivity index is 2.61. The Labute approximate surface area is 127 Å². The molecule has 21 heavy (non-hydrogen) atoms. The Morgan fingerprint density at radius 3 is 2.29 bits per heavy atom. The molecule has 0 aromatic heterocycles. The second-order valence-electron chi connectivity index (χ2n) is 5.57. The van der Waals surface area contributed by atoms with Crippen molar-refractivity contribution in [3.63, 3.8) is 0 Å². The lowest BCUT2D eigenvalue weighted by Crippen LogP contribution is -2.39. The van der Waals surface area contributed by atoms with Crippen LogP contribution >= 0.6 is 0 Å². The van der Waals surface area contributed by atoms with E-state index in [2.05, 4.69) is 4.72 Å². The molecule has 1 N–H and O–H groups in total. The van der Waals surface area contributed by atoms with Crippen LogP contribution in [-0.2, 0) is 14.8 Å². The number of aryl methyl sites for hydroxylation is 1. The van der Waals surface area contributed by atoms with Gasteiger partial charge in [-0.25, -0.2) is 13.1 Å². The molecule has 0 aliphatic heterocycles. The Hall–Kier alpha value is -1.40. The third-order valence-electron chi connectivity index (χ3n) is 3.04. The van der Waals surface area contributed by atoms with Crippen molar-refractivity contribution in [2.45, 2.75) is 32.6 Å². The first kappa shape index (κ1) is 17.7. The number of sulfonamides is 1. The Morgan fingerprint density at radius 1 is 1.24 bits per heavy atom. The van der Waals surface area contributed by atoms with E-state index in [1.165, 1.54) is 6.92 Å². The molecule has 0 bridgehead atoms.